The topological polar surface area (TPSA) is 74.5 Å². The summed E-state index contributed by atoms with van der Waals surface area (Å²) in [5, 5.41) is 2.80. The number of carbonyl (C=O) groups excluding carboxylic acids is 1. The molecule has 0 spiro atoms. The van der Waals surface area contributed by atoms with Crippen LogP contribution in [0.4, 0.5) is 5.69 Å². The first-order valence-electron chi connectivity index (χ1n) is 8.26. The summed E-state index contributed by atoms with van der Waals surface area (Å²) in [6.07, 6.45) is 0. The van der Waals surface area contributed by atoms with E-state index < -0.39 is 0 Å². The number of carbonyl (C=O) groups is 1. The number of para-hydroxylation sites is 2. The van der Waals surface area contributed by atoms with Gasteiger partial charge in [0, 0.05) is 19.8 Å². The summed E-state index contributed by atoms with van der Waals surface area (Å²) in [7, 11) is 3.31. The average molecular weight is 355 g/mol. The zero-order valence-electron chi connectivity index (χ0n) is 14.8. The number of methoxy groups -OCH3 is 1. The molecule has 0 radical (unpaired) electrons. The maximum atomic E-state index is 12.4. The van der Waals surface area contributed by atoms with Crippen LogP contribution in [-0.2, 0) is 23.1 Å². The second kappa shape index (κ2) is 7.88. The lowest BCUT2D eigenvalue weighted by Crippen LogP contribution is -2.28. The van der Waals surface area contributed by atoms with Crippen molar-refractivity contribution in [1.29, 1.82) is 0 Å². The monoisotopic (exact) mass is 355 g/mol. The van der Waals surface area contributed by atoms with Crippen LogP contribution in [0.15, 0.2) is 53.3 Å². The number of aryl methyl sites for hydroxylation is 1. The lowest BCUT2D eigenvalue weighted by atomic mass is 10.3. The molecule has 0 fully saturated rings. The number of aromatic nitrogens is 2. The Kier molecular flexibility index (Phi) is 5.38. The van der Waals surface area contributed by atoms with Crippen molar-refractivity contribution in [3.63, 3.8) is 0 Å². The zero-order chi connectivity index (χ0) is 18.5. The minimum atomic E-state index is -0.267. The lowest BCUT2D eigenvalue weighted by molar-refractivity contribution is -0.116. The van der Waals surface area contributed by atoms with E-state index in [0.717, 1.165) is 11.0 Å². The molecule has 0 aliphatic carbocycles. The van der Waals surface area contributed by atoms with Gasteiger partial charge in [0.05, 0.1) is 17.6 Å². The molecule has 0 saturated heterocycles. The summed E-state index contributed by atoms with van der Waals surface area (Å²) in [5.41, 5.74) is 1.95. The van der Waals surface area contributed by atoms with E-state index in [0.29, 0.717) is 24.7 Å². The van der Waals surface area contributed by atoms with E-state index in [9.17, 15) is 9.59 Å². The minimum absolute atomic E-state index is 0.0493. The molecule has 0 saturated carbocycles. The smallest absolute Gasteiger partial charge is 0.329 e. The average Bonchev–Trinajstić information content (AvgIpc) is 2.89. The molecular weight excluding hydrogens is 334 g/mol. The van der Waals surface area contributed by atoms with Crippen LogP contribution in [0.25, 0.3) is 11.0 Å². The van der Waals surface area contributed by atoms with Gasteiger partial charge in [-0.25, -0.2) is 4.79 Å². The van der Waals surface area contributed by atoms with Gasteiger partial charge in [-0.2, -0.15) is 0 Å². The largest absolute Gasteiger partial charge is 0.491 e. The second-order valence-electron chi connectivity index (χ2n) is 5.83. The van der Waals surface area contributed by atoms with Gasteiger partial charge in [0.15, 0.2) is 0 Å². The normalized spacial score (nSPS) is 10.8. The standard InChI is InChI=1S/C19H21N3O4/c1-21-16-5-3-4-6-17(16)22(19(21)24)13-18(23)20-14-7-9-15(10-8-14)26-12-11-25-2/h3-10H,11-13H2,1-2H3,(H,20,23). The van der Waals surface area contributed by atoms with E-state index in [2.05, 4.69) is 5.32 Å². The summed E-state index contributed by atoms with van der Waals surface area (Å²) >= 11 is 0. The molecule has 2 aromatic carbocycles. The maximum absolute atomic E-state index is 12.4. The van der Waals surface area contributed by atoms with E-state index >= 15 is 0 Å². The van der Waals surface area contributed by atoms with Crippen molar-refractivity contribution in [2.24, 2.45) is 7.05 Å². The molecule has 0 bridgehead atoms. The quantitative estimate of drug-likeness (QED) is 0.658. The number of fused-ring (bicyclic) bond motifs is 1. The van der Waals surface area contributed by atoms with Gasteiger partial charge in [-0.1, -0.05) is 12.1 Å². The molecule has 0 unspecified atom stereocenters. The molecule has 26 heavy (non-hydrogen) atoms. The second-order valence-corrected chi connectivity index (χ2v) is 5.83. The van der Waals surface area contributed by atoms with Crippen molar-refractivity contribution in [2.75, 3.05) is 25.6 Å². The number of imidazole rings is 1. The van der Waals surface area contributed by atoms with Crippen LogP contribution in [0, 0.1) is 0 Å². The Morgan fingerprint density at radius 3 is 2.42 bits per heavy atom. The maximum Gasteiger partial charge on any atom is 0.329 e. The van der Waals surface area contributed by atoms with Crippen LogP contribution in [0.1, 0.15) is 0 Å². The number of amides is 1. The molecule has 1 heterocycles. The van der Waals surface area contributed by atoms with Crippen molar-refractivity contribution in [3.8, 4) is 5.75 Å². The van der Waals surface area contributed by atoms with Gasteiger partial charge < -0.3 is 14.8 Å². The molecule has 7 nitrogen and oxygen atoms in total. The van der Waals surface area contributed by atoms with Crippen molar-refractivity contribution in [2.45, 2.75) is 6.54 Å². The number of hydrogen-bond acceptors (Lipinski definition) is 4. The third-order valence-corrected chi connectivity index (χ3v) is 4.05. The van der Waals surface area contributed by atoms with Gasteiger partial charge in [0.2, 0.25) is 5.91 Å². The Bertz CT molecular complexity index is 957. The molecule has 1 N–H and O–H groups in total. The van der Waals surface area contributed by atoms with Crippen LogP contribution in [0.2, 0.25) is 0 Å². The first-order chi connectivity index (χ1) is 12.6. The fourth-order valence-corrected chi connectivity index (χ4v) is 2.74. The Hall–Kier alpha value is -3.06. The molecular formula is C19H21N3O4. The summed E-state index contributed by atoms with van der Waals surface area (Å²) < 4.78 is 13.4. The highest BCUT2D eigenvalue weighted by Crippen LogP contribution is 2.16. The number of anilines is 1. The highest BCUT2D eigenvalue weighted by Gasteiger charge is 2.13. The SMILES string of the molecule is COCCOc1ccc(NC(=O)Cn2c(=O)n(C)c3ccccc32)cc1. The van der Waals surface area contributed by atoms with Crippen LogP contribution in [-0.4, -0.2) is 35.4 Å². The molecule has 3 rings (SSSR count). The highest BCUT2D eigenvalue weighted by molar-refractivity contribution is 5.91. The molecule has 1 aromatic heterocycles. The number of benzene rings is 2. The van der Waals surface area contributed by atoms with Crippen LogP contribution in [0.5, 0.6) is 5.75 Å². The summed E-state index contributed by atoms with van der Waals surface area (Å²) in [6, 6.07) is 14.5. The Morgan fingerprint density at radius 2 is 1.73 bits per heavy atom. The van der Waals surface area contributed by atoms with Crippen LogP contribution in [0.3, 0.4) is 0 Å². The minimum Gasteiger partial charge on any atom is -0.491 e. The predicted octanol–water partition coefficient (Wildman–Crippen LogP) is 2.00. The number of nitrogens with one attached hydrogen (secondary N) is 1. The third-order valence-electron chi connectivity index (χ3n) is 4.05. The molecule has 0 aliphatic heterocycles. The van der Waals surface area contributed by atoms with E-state index in [-0.39, 0.29) is 18.1 Å². The lowest BCUT2D eigenvalue weighted by Gasteiger charge is -2.08. The van der Waals surface area contributed by atoms with E-state index in [4.69, 9.17) is 9.47 Å². The Balaban J connectivity index is 1.68. The first kappa shape index (κ1) is 17.8. The van der Waals surface area contributed by atoms with Gasteiger partial charge in [0.25, 0.3) is 0 Å². The van der Waals surface area contributed by atoms with Crippen LogP contribution >= 0.6 is 0 Å². The third kappa shape index (κ3) is 3.78. The predicted molar refractivity (Wildman–Crippen MR) is 99.6 cm³/mol. The number of hydrogen-bond donors (Lipinski definition) is 1. The first-order valence-corrected chi connectivity index (χ1v) is 8.26. The van der Waals surface area contributed by atoms with E-state index in [1.165, 1.54) is 9.13 Å². The van der Waals surface area contributed by atoms with Gasteiger partial charge in [-0.15, -0.1) is 0 Å². The summed E-state index contributed by atoms with van der Waals surface area (Å²) in [6.45, 7) is 0.927. The van der Waals surface area contributed by atoms with Gasteiger partial charge in [-0.05, 0) is 36.4 Å². The Labute approximate surface area is 150 Å². The fraction of sp³-hybridized carbons (Fsp3) is 0.263. The summed E-state index contributed by atoms with van der Waals surface area (Å²) in [4.78, 5) is 24.7. The number of nitrogens with zero attached hydrogens (tertiary/aromatic N) is 2. The van der Waals surface area contributed by atoms with Crippen LogP contribution < -0.4 is 15.7 Å². The molecule has 1 amide bonds. The van der Waals surface area contributed by atoms with Gasteiger partial charge >= 0.3 is 5.69 Å². The van der Waals surface area contributed by atoms with Gasteiger partial charge in [0.1, 0.15) is 18.9 Å². The molecule has 7 heteroatoms. The number of ether oxygens (including phenoxy) is 2. The van der Waals surface area contributed by atoms with Crippen molar-refractivity contribution in [3.05, 3.63) is 59.0 Å². The molecule has 136 valence electrons. The van der Waals surface area contributed by atoms with E-state index in [1.807, 2.05) is 24.3 Å². The van der Waals surface area contributed by atoms with E-state index in [1.54, 1.807) is 38.4 Å². The number of rotatable bonds is 7. The van der Waals surface area contributed by atoms with Crippen molar-refractivity contribution >= 4 is 22.6 Å². The van der Waals surface area contributed by atoms with Gasteiger partial charge in [-0.3, -0.25) is 13.9 Å². The molecule has 0 aliphatic rings. The molecule has 3 aromatic rings. The highest BCUT2D eigenvalue weighted by atomic mass is 16.5. The molecule has 0 atom stereocenters. The zero-order valence-corrected chi connectivity index (χ0v) is 14.8. The van der Waals surface area contributed by atoms with Crippen molar-refractivity contribution in [1.82, 2.24) is 9.13 Å². The fourth-order valence-electron chi connectivity index (χ4n) is 2.74. The summed E-state index contributed by atoms with van der Waals surface area (Å²) in [5.74, 6) is 0.432. The Morgan fingerprint density at radius 1 is 1.04 bits per heavy atom. The van der Waals surface area contributed by atoms with Crippen molar-refractivity contribution < 1.29 is 14.3 Å².